The van der Waals surface area contributed by atoms with Crippen LogP contribution in [0.1, 0.15) is 20.7 Å². The molecule has 0 aliphatic carbocycles. The number of ether oxygens (including phenoxy) is 4. The number of aliphatic hydroxyl groups is 1. The van der Waals surface area contributed by atoms with E-state index in [2.05, 4.69) is 10.6 Å². The van der Waals surface area contributed by atoms with Gasteiger partial charge in [-0.25, -0.2) is 0 Å². The maximum absolute atomic E-state index is 11.8. The molecule has 150 valence electrons. The summed E-state index contributed by atoms with van der Waals surface area (Å²) >= 11 is 0. The molecule has 0 saturated heterocycles. The van der Waals surface area contributed by atoms with Crippen molar-refractivity contribution in [1.29, 1.82) is 0 Å². The lowest BCUT2D eigenvalue weighted by atomic mass is 10.1. The summed E-state index contributed by atoms with van der Waals surface area (Å²) in [5.74, 6) is -0.747. The lowest BCUT2D eigenvalue weighted by Gasteiger charge is -2.10. The van der Waals surface area contributed by atoms with Crippen LogP contribution in [0.3, 0.4) is 0 Å². The van der Waals surface area contributed by atoms with Gasteiger partial charge in [0.15, 0.2) is 0 Å². The van der Waals surface area contributed by atoms with Gasteiger partial charge in [-0.15, -0.1) is 0 Å². The minimum absolute atomic E-state index is 0.0151. The zero-order valence-electron chi connectivity index (χ0n) is 15.2. The molecule has 1 aliphatic rings. The fourth-order valence-corrected chi connectivity index (χ4v) is 2.45. The molecular formula is C18H26N2O7. The van der Waals surface area contributed by atoms with Gasteiger partial charge < -0.3 is 29.4 Å². The van der Waals surface area contributed by atoms with Crippen LogP contribution >= 0.6 is 0 Å². The van der Waals surface area contributed by atoms with Crippen molar-refractivity contribution in [2.75, 3.05) is 71.3 Å². The predicted molar refractivity (Wildman–Crippen MR) is 97.1 cm³/mol. The number of aliphatic hydroxyl groups excluding tert-OH is 1. The van der Waals surface area contributed by atoms with Crippen LogP contribution in [0.5, 0.6) is 0 Å². The molecule has 0 atom stereocenters. The van der Waals surface area contributed by atoms with Crippen LogP contribution in [-0.4, -0.2) is 82.9 Å². The topological polar surface area (TPSA) is 115 Å². The molecule has 3 N–H and O–H groups in total. The number of hydrogen-bond donors (Lipinski definition) is 3. The Labute approximate surface area is 157 Å². The third kappa shape index (κ3) is 7.24. The van der Waals surface area contributed by atoms with Crippen LogP contribution in [-0.2, 0) is 18.9 Å². The Morgan fingerprint density at radius 1 is 0.815 bits per heavy atom. The SMILES string of the molecule is O=C1NC(=O)c2c(NCCOCCOCCOCCOCCO)cccc21. The zero-order chi connectivity index (χ0) is 19.3. The number of fused-ring (bicyclic) bond motifs is 1. The van der Waals surface area contributed by atoms with Crippen LogP contribution in [0.2, 0.25) is 0 Å². The van der Waals surface area contributed by atoms with E-state index in [1.165, 1.54) is 0 Å². The highest BCUT2D eigenvalue weighted by Gasteiger charge is 2.28. The first-order valence-electron chi connectivity index (χ1n) is 8.88. The van der Waals surface area contributed by atoms with E-state index in [1.807, 2.05) is 0 Å². The quantitative estimate of drug-likeness (QED) is 0.288. The number of nitrogens with one attached hydrogen (secondary N) is 2. The van der Waals surface area contributed by atoms with Crippen molar-refractivity contribution in [3.8, 4) is 0 Å². The zero-order valence-corrected chi connectivity index (χ0v) is 15.2. The Hall–Kier alpha value is -2.04. The third-order valence-electron chi connectivity index (χ3n) is 3.68. The van der Waals surface area contributed by atoms with Crippen LogP contribution in [0, 0.1) is 0 Å². The van der Waals surface area contributed by atoms with Crippen molar-refractivity contribution >= 4 is 17.5 Å². The van der Waals surface area contributed by atoms with Gasteiger partial charge in [0.05, 0.1) is 70.6 Å². The minimum Gasteiger partial charge on any atom is -0.394 e. The molecule has 0 unspecified atom stereocenters. The molecule has 0 fully saturated rings. The van der Waals surface area contributed by atoms with E-state index < -0.39 is 0 Å². The fraction of sp³-hybridized carbons (Fsp3) is 0.556. The number of imide groups is 1. The van der Waals surface area contributed by atoms with Crippen molar-refractivity contribution < 1.29 is 33.6 Å². The van der Waals surface area contributed by atoms with Crippen LogP contribution in [0.25, 0.3) is 0 Å². The monoisotopic (exact) mass is 382 g/mol. The lowest BCUT2D eigenvalue weighted by molar-refractivity contribution is -0.00463. The van der Waals surface area contributed by atoms with Gasteiger partial charge in [0.2, 0.25) is 0 Å². The van der Waals surface area contributed by atoms with E-state index in [0.29, 0.717) is 76.2 Å². The van der Waals surface area contributed by atoms with Crippen molar-refractivity contribution in [2.24, 2.45) is 0 Å². The Morgan fingerprint density at radius 3 is 2.04 bits per heavy atom. The Bertz CT molecular complexity index is 609. The molecule has 0 saturated carbocycles. The van der Waals surface area contributed by atoms with Gasteiger partial charge in [-0.2, -0.15) is 0 Å². The molecule has 1 aromatic rings. The van der Waals surface area contributed by atoms with E-state index in [0.717, 1.165) is 0 Å². The summed E-state index contributed by atoms with van der Waals surface area (Å²) in [5, 5.41) is 13.9. The molecule has 9 nitrogen and oxygen atoms in total. The molecule has 0 bridgehead atoms. The summed E-state index contributed by atoms with van der Waals surface area (Å²) in [6.45, 7) is 4.08. The lowest BCUT2D eigenvalue weighted by Crippen LogP contribution is -2.20. The molecule has 0 spiro atoms. The minimum atomic E-state index is -0.380. The highest BCUT2D eigenvalue weighted by molar-refractivity contribution is 6.23. The highest BCUT2D eigenvalue weighted by atomic mass is 16.6. The maximum atomic E-state index is 11.8. The molecule has 1 aromatic carbocycles. The molecule has 2 rings (SSSR count). The summed E-state index contributed by atoms with van der Waals surface area (Å²) < 4.78 is 21.2. The van der Waals surface area contributed by atoms with Gasteiger partial charge in [-0.05, 0) is 12.1 Å². The molecule has 9 heteroatoms. The molecule has 0 radical (unpaired) electrons. The number of carbonyl (C=O) groups excluding carboxylic acids is 2. The summed E-state index contributed by atoms with van der Waals surface area (Å²) in [7, 11) is 0. The Balaban J connectivity index is 1.46. The first-order chi connectivity index (χ1) is 13.2. The maximum Gasteiger partial charge on any atom is 0.261 e. The standard InChI is InChI=1S/C18H26N2O7/c21-5-7-25-9-11-27-13-12-26-10-8-24-6-4-19-15-3-1-2-14-16(15)18(23)20-17(14)22/h1-3,19,21H,4-13H2,(H,20,22,23). The Morgan fingerprint density at radius 2 is 1.41 bits per heavy atom. The summed E-state index contributed by atoms with van der Waals surface area (Å²) in [6.07, 6.45) is 0. The molecule has 0 aromatic heterocycles. The third-order valence-corrected chi connectivity index (χ3v) is 3.68. The number of hydrogen-bond acceptors (Lipinski definition) is 8. The molecular weight excluding hydrogens is 356 g/mol. The summed E-state index contributed by atoms with van der Waals surface area (Å²) in [6, 6.07) is 5.12. The second-order valence-corrected chi connectivity index (χ2v) is 5.61. The van der Waals surface area contributed by atoms with Gasteiger partial charge in [-0.1, -0.05) is 6.07 Å². The van der Waals surface area contributed by atoms with E-state index in [4.69, 9.17) is 24.1 Å². The number of rotatable bonds is 15. The normalized spacial score (nSPS) is 12.9. The first-order valence-corrected chi connectivity index (χ1v) is 8.88. The number of amides is 2. The number of benzene rings is 1. The van der Waals surface area contributed by atoms with Crippen LogP contribution in [0.4, 0.5) is 5.69 Å². The van der Waals surface area contributed by atoms with E-state index in [1.54, 1.807) is 18.2 Å². The van der Waals surface area contributed by atoms with Crippen LogP contribution < -0.4 is 10.6 Å². The van der Waals surface area contributed by atoms with Gasteiger partial charge in [0.25, 0.3) is 11.8 Å². The van der Waals surface area contributed by atoms with Crippen molar-refractivity contribution in [1.82, 2.24) is 5.32 Å². The second-order valence-electron chi connectivity index (χ2n) is 5.61. The van der Waals surface area contributed by atoms with Crippen molar-refractivity contribution in [3.63, 3.8) is 0 Å². The van der Waals surface area contributed by atoms with Gasteiger partial charge in [-0.3, -0.25) is 14.9 Å². The summed E-state index contributed by atoms with van der Waals surface area (Å²) in [5.41, 5.74) is 1.39. The second kappa shape index (κ2) is 12.4. The fourth-order valence-electron chi connectivity index (χ4n) is 2.45. The summed E-state index contributed by atoms with van der Waals surface area (Å²) in [4.78, 5) is 23.4. The number of anilines is 1. The highest BCUT2D eigenvalue weighted by Crippen LogP contribution is 2.23. The van der Waals surface area contributed by atoms with Gasteiger partial charge in [0.1, 0.15) is 0 Å². The number of carbonyl (C=O) groups is 2. The first kappa shape index (κ1) is 21.3. The average molecular weight is 382 g/mol. The van der Waals surface area contributed by atoms with E-state index in [9.17, 15) is 9.59 Å². The van der Waals surface area contributed by atoms with E-state index >= 15 is 0 Å². The van der Waals surface area contributed by atoms with Gasteiger partial charge >= 0.3 is 0 Å². The van der Waals surface area contributed by atoms with E-state index in [-0.39, 0.29) is 18.4 Å². The van der Waals surface area contributed by atoms with Crippen molar-refractivity contribution in [3.05, 3.63) is 29.3 Å². The Kier molecular flexibility index (Phi) is 9.74. The van der Waals surface area contributed by atoms with Gasteiger partial charge in [0, 0.05) is 12.2 Å². The van der Waals surface area contributed by atoms with Crippen LogP contribution in [0.15, 0.2) is 18.2 Å². The molecule has 2 amide bonds. The smallest absolute Gasteiger partial charge is 0.261 e. The largest absolute Gasteiger partial charge is 0.394 e. The predicted octanol–water partition coefficient (Wildman–Crippen LogP) is 0.0408. The molecule has 27 heavy (non-hydrogen) atoms. The van der Waals surface area contributed by atoms with Crippen molar-refractivity contribution in [2.45, 2.75) is 0 Å². The molecule has 1 heterocycles. The molecule has 1 aliphatic heterocycles. The average Bonchev–Trinajstić information content (AvgIpc) is 2.97.